The molecule has 0 aliphatic carbocycles. The van der Waals surface area contributed by atoms with Gasteiger partial charge in [0.05, 0.1) is 13.2 Å². The molecule has 118 valence electrons. The largest absolute Gasteiger partial charge is 0.467 e. The molecular weight excluding hydrogens is 270 g/mol. The third-order valence-corrected chi connectivity index (χ3v) is 3.45. The van der Waals surface area contributed by atoms with Gasteiger partial charge in [0.1, 0.15) is 0 Å². The first-order chi connectivity index (χ1) is 10.3. The van der Waals surface area contributed by atoms with Crippen molar-refractivity contribution >= 4 is 11.9 Å². The highest BCUT2D eigenvalue weighted by Gasteiger charge is 2.22. The van der Waals surface area contributed by atoms with Crippen LogP contribution in [0.4, 0.5) is 11.9 Å². The minimum Gasteiger partial charge on any atom is -0.467 e. The van der Waals surface area contributed by atoms with Crippen LogP contribution < -0.4 is 15.0 Å². The van der Waals surface area contributed by atoms with Gasteiger partial charge in [0.2, 0.25) is 11.9 Å². The molecule has 7 nitrogen and oxygen atoms in total. The molecule has 2 rings (SSSR count). The van der Waals surface area contributed by atoms with E-state index >= 15 is 0 Å². The first kappa shape index (κ1) is 15.8. The normalized spacial score (nSPS) is 16.0. The second-order valence-electron chi connectivity index (χ2n) is 5.01. The molecule has 7 heteroatoms. The Kier molecular flexibility index (Phi) is 5.98. The van der Waals surface area contributed by atoms with Gasteiger partial charge in [-0.15, -0.1) is 0 Å². The van der Waals surface area contributed by atoms with Gasteiger partial charge >= 0.3 is 6.01 Å². The average molecular weight is 295 g/mol. The Balaban J connectivity index is 2.04. The summed E-state index contributed by atoms with van der Waals surface area (Å²) < 4.78 is 10.8. The quantitative estimate of drug-likeness (QED) is 0.821. The molecule has 0 radical (unpaired) electrons. The maximum atomic E-state index is 5.67. The van der Waals surface area contributed by atoms with Gasteiger partial charge in [0.25, 0.3) is 0 Å². The second-order valence-corrected chi connectivity index (χ2v) is 5.01. The van der Waals surface area contributed by atoms with Crippen LogP contribution >= 0.6 is 0 Å². The molecule has 1 aliphatic rings. The summed E-state index contributed by atoms with van der Waals surface area (Å²) in [5, 5.41) is 3.18. The molecule has 0 aromatic carbocycles. The zero-order valence-corrected chi connectivity index (χ0v) is 13.1. The zero-order valence-electron chi connectivity index (χ0n) is 13.1. The molecule has 1 aromatic rings. The Bertz CT molecular complexity index is 435. The van der Waals surface area contributed by atoms with Crippen molar-refractivity contribution < 1.29 is 9.47 Å². The second kappa shape index (κ2) is 7.97. The Labute approximate surface area is 126 Å². The maximum Gasteiger partial charge on any atom is 0.322 e. The van der Waals surface area contributed by atoms with E-state index in [9.17, 15) is 0 Å². The number of anilines is 2. The van der Waals surface area contributed by atoms with E-state index in [0.717, 1.165) is 45.5 Å². The van der Waals surface area contributed by atoms with Crippen LogP contribution in [0.3, 0.4) is 0 Å². The van der Waals surface area contributed by atoms with E-state index in [0.29, 0.717) is 24.0 Å². The van der Waals surface area contributed by atoms with Crippen molar-refractivity contribution in [3.8, 4) is 6.01 Å². The van der Waals surface area contributed by atoms with Gasteiger partial charge in [-0.1, -0.05) is 6.92 Å². The molecule has 0 saturated carbocycles. The molecule has 21 heavy (non-hydrogen) atoms. The fourth-order valence-electron chi connectivity index (χ4n) is 2.35. The van der Waals surface area contributed by atoms with Gasteiger partial charge in [-0.3, -0.25) is 0 Å². The molecule has 0 atom stereocenters. The van der Waals surface area contributed by atoms with E-state index < -0.39 is 0 Å². The molecule has 0 bridgehead atoms. The van der Waals surface area contributed by atoms with Crippen LogP contribution in [0.1, 0.15) is 33.1 Å². The predicted molar refractivity (Wildman–Crippen MR) is 82.0 cm³/mol. The van der Waals surface area contributed by atoms with E-state index in [1.165, 1.54) is 0 Å². The van der Waals surface area contributed by atoms with Gasteiger partial charge < -0.3 is 19.7 Å². The predicted octanol–water partition coefficient (Wildman–Crippen LogP) is 1.71. The van der Waals surface area contributed by atoms with Crippen LogP contribution in [0, 0.1) is 0 Å². The van der Waals surface area contributed by atoms with Crippen molar-refractivity contribution in [3.05, 3.63) is 0 Å². The van der Waals surface area contributed by atoms with Gasteiger partial charge in [0.15, 0.2) is 0 Å². The smallest absolute Gasteiger partial charge is 0.322 e. The summed E-state index contributed by atoms with van der Waals surface area (Å²) in [6, 6.07) is 0.352. The maximum absolute atomic E-state index is 5.67. The van der Waals surface area contributed by atoms with Gasteiger partial charge in [0, 0.05) is 26.2 Å². The number of hydrogen-bond acceptors (Lipinski definition) is 7. The van der Waals surface area contributed by atoms with E-state index in [1.807, 2.05) is 6.92 Å². The van der Waals surface area contributed by atoms with Crippen molar-refractivity contribution in [1.29, 1.82) is 0 Å². The minimum absolute atomic E-state index is 0.352. The molecule has 1 saturated heterocycles. The molecule has 1 fully saturated rings. The summed E-state index contributed by atoms with van der Waals surface area (Å²) in [6.45, 7) is 7.53. The number of ether oxygens (including phenoxy) is 2. The number of rotatable bonds is 7. The topological polar surface area (TPSA) is 72.4 Å². The van der Waals surface area contributed by atoms with E-state index in [-0.39, 0.29) is 0 Å². The Morgan fingerprint density at radius 1 is 1.19 bits per heavy atom. The lowest BCUT2D eigenvalue weighted by molar-refractivity contribution is 0.0457. The Hall–Kier alpha value is -1.63. The fourth-order valence-corrected chi connectivity index (χ4v) is 2.35. The highest BCUT2D eigenvalue weighted by atomic mass is 16.5. The number of aromatic nitrogens is 3. The number of nitrogens with zero attached hydrogens (tertiary/aromatic N) is 4. The van der Waals surface area contributed by atoms with E-state index in [2.05, 4.69) is 32.1 Å². The molecule has 1 N–H and O–H groups in total. The first-order valence-corrected chi connectivity index (χ1v) is 7.67. The Morgan fingerprint density at radius 3 is 2.57 bits per heavy atom. The summed E-state index contributed by atoms with van der Waals surface area (Å²) in [6.07, 6.45) is 3.37. The lowest BCUT2D eigenvalue weighted by atomic mass is 10.1. The Morgan fingerprint density at radius 2 is 1.95 bits per heavy atom. The molecule has 0 unspecified atom stereocenters. The number of hydrogen-bond donors (Lipinski definition) is 1. The molecular formula is C14H25N5O2. The number of methoxy groups -OCH3 is 1. The highest BCUT2D eigenvalue weighted by Crippen LogP contribution is 2.20. The molecule has 0 amide bonds. The van der Waals surface area contributed by atoms with Crippen LogP contribution in [-0.4, -0.2) is 54.4 Å². The minimum atomic E-state index is 0.352. The summed E-state index contributed by atoms with van der Waals surface area (Å²) in [5.74, 6) is 1.25. The van der Waals surface area contributed by atoms with Crippen LogP contribution in [0.15, 0.2) is 0 Å². The van der Waals surface area contributed by atoms with Gasteiger partial charge in [-0.2, -0.15) is 15.0 Å². The third kappa shape index (κ3) is 4.42. The van der Waals surface area contributed by atoms with Crippen molar-refractivity contribution in [2.24, 2.45) is 0 Å². The number of nitrogens with one attached hydrogen (secondary N) is 1. The summed E-state index contributed by atoms with van der Waals surface area (Å²) in [4.78, 5) is 15.2. The summed E-state index contributed by atoms with van der Waals surface area (Å²) in [7, 11) is 1.57. The lowest BCUT2D eigenvalue weighted by Gasteiger charge is -2.31. The molecule has 1 aliphatic heterocycles. The van der Waals surface area contributed by atoms with Gasteiger partial charge in [-0.05, 0) is 26.2 Å². The summed E-state index contributed by atoms with van der Waals surface area (Å²) in [5.41, 5.74) is 0. The average Bonchev–Trinajstić information content (AvgIpc) is 2.53. The molecule has 1 aromatic heterocycles. The van der Waals surface area contributed by atoms with Crippen LogP contribution in [0.25, 0.3) is 0 Å². The van der Waals surface area contributed by atoms with Crippen LogP contribution in [0.5, 0.6) is 6.01 Å². The third-order valence-electron chi connectivity index (χ3n) is 3.45. The van der Waals surface area contributed by atoms with Crippen molar-refractivity contribution in [2.75, 3.05) is 43.6 Å². The number of piperidine rings is 1. The SMILES string of the molecule is CCCNc1nc(OC)nc(N2CCC(OCC)CC2)n1. The van der Waals surface area contributed by atoms with E-state index in [1.54, 1.807) is 7.11 Å². The first-order valence-electron chi connectivity index (χ1n) is 7.67. The van der Waals surface area contributed by atoms with Gasteiger partial charge in [-0.25, -0.2) is 0 Å². The van der Waals surface area contributed by atoms with Crippen molar-refractivity contribution in [1.82, 2.24) is 15.0 Å². The fraction of sp³-hybridized carbons (Fsp3) is 0.786. The molecule has 2 heterocycles. The summed E-state index contributed by atoms with van der Waals surface area (Å²) >= 11 is 0. The highest BCUT2D eigenvalue weighted by molar-refractivity contribution is 5.38. The van der Waals surface area contributed by atoms with Crippen LogP contribution in [0.2, 0.25) is 0 Å². The van der Waals surface area contributed by atoms with Crippen LogP contribution in [-0.2, 0) is 4.74 Å². The monoisotopic (exact) mass is 295 g/mol. The van der Waals surface area contributed by atoms with E-state index in [4.69, 9.17) is 9.47 Å². The molecule has 0 spiro atoms. The standard InChI is InChI=1S/C14H25N5O2/c1-4-8-15-12-16-13(18-14(17-12)20-3)19-9-6-11(7-10-19)21-5-2/h11H,4-10H2,1-3H3,(H,15,16,17,18). The van der Waals surface area contributed by atoms with Crippen molar-refractivity contribution in [2.45, 2.75) is 39.2 Å². The zero-order chi connectivity index (χ0) is 15.1. The van der Waals surface area contributed by atoms with Crippen molar-refractivity contribution in [3.63, 3.8) is 0 Å². The lowest BCUT2D eigenvalue weighted by Crippen LogP contribution is -2.38.